The van der Waals surface area contributed by atoms with Crippen molar-refractivity contribution < 1.29 is 9.26 Å². The lowest BCUT2D eigenvalue weighted by Crippen LogP contribution is -2.42. The Bertz CT molecular complexity index is 509. The Hall–Kier alpha value is -1.21. The lowest BCUT2D eigenvalue weighted by atomic mass is 10.1. The van der Waals surface area contributed by atoms with Gasteiger partial charge in [-0.05, 0) is 18.5 Å². The summed E-state index contributed by atoms with van der Waals surface area (Å²) in [7, 11) is 2.13. The second-order valence-electron chi connectivity index (χ2n) is 5.37. The zero-order valence-electron chi connectivity index (χ0n) is 12.3. The number of ether oxygens (including phenoxy) is 1. The van der Waals surface area contributed by atoms with Crippen molar-refractivity contribution >= 4 is 11.3 Å². The molecule has 0 bridgehead atoms. The van der Waals surface area contributed by atoms with Crippen LogP contribution in [0.25, 0.3) is 0 Å². The van der Waals surface area contributed by atoms with E-state index in [0.29, 0.717) is 6.04 Å². The van der Waals surface area contributed by atoms with E-state index in [-0.39, 0.29) is 0 Å². The summed E-state index contributed by atoms with van der Waals surface area (Å²) in [4.78, 5) is 6.25. The molecule has 0 radical (unpaired) electrons. The van der Waals surface area contributed by atoms with Crippen molar-refractivity contribution in [3.05, 3.63) is 40.4 Å². The molecule has 1 atom stereocenters. The Morgan fingerprint density at radius 3 is 2.90 bits per heavy atom. The molecule has 6 heteroatoms. The zero-order chi connectivity index (χ0) is 14.5. The fourth-order valence-corrected chi connectivity index (χ4v) is 3.56. The average molecular weight is 307 g/mol. The van der Waals surface area contributed by atoms with Crippen molar-refractivity contribution in [3.63, 3.8) is 0 Å². The van der Waals surface area contributed by atoms with Gasteiger partial charge in [0.15, 0.2) is 0 Å². The lowest BCUT2D eigenvalue weighted by molar-refractivity contribution is 0.00953. The molecule has 0 unspecified atom stereocenters. The molecule has 21 heavy (non-hydrogen) atoms. The molecule has 2 aromatic heterocycles. The first-order chi connectivity index (χ1) is 10.3. The highest BCUT2D eigenvalue weighted by atomic mass is 32.1. The number of rotatable bonds is 6. The summed E-state index contributed by atoms with van der Waals surface area (Å²) >= 11 is 1.83. The summed E-state index contributed by atoms with van der Waals surface area (Å²) in [5, 5.41) is 6.14. The van der Waals surface area contributed by atoms with Crippen LogP contribution in [0.3, 0.4) is 0 Å². The molecule has 0 amide bonds. The van der Waals surface area contributed by atoms with Crippen molar-refractivity contribution in [2.45, 2.75) is 12.6 Å². The first-order valence-electron chi connectivity index (χ1n) is 7.26. The lowest BCUT2D eigenvalue weighted by Gasteiger charge is -2.36. The monoisotopic (exact) mass is 307 g/mol. The number of likely N-dealkylation sites (N-methyl/N-ethyl adjacent to an activating group) is 1. The minimum atomic E-state index is 0.422. The van der Waals surface area contributed by atoms with Crippen molar-refractivity contribution in [1.29, 1.82) is 0 Å². The predicted octanol–water partition coefficient (Wildman–Crippen LogP) is 2.24. The Morgan fingerprint density at radius 1 is 1.38 bits per heavy atom. The molecule has 0 aromatic carbocycles. The third kappa shape index (κ3) is 3.91. The van der Waals surface area contributed by atoms with Gasteiger partial charge in [0.05, 0.1) is 24.9 Å². The summed E-state index contributed by atoms with van der Waals surface area (Å²) in [6, 6.07) is 6.70. The van der Waals surface area contributed by atoms with Crippen LogP contribution in [0.1, 0.15) is 16.6 Å². The summed E-state index contributed by atoms with van der Waals surface area (Å²) in [5.74, 6) is 0. The van der Waals surface area contributed by atoms with Crippen LogP contribution in [0.4, 0.5) is 0 Å². The quantitative estimate of drug-likeness (QED) is 0.819. The molecule has 5 nitrogen and oxygen atoms in total. The van der Waals surface area contributed by atoms with E-state index in [9.17, 15) is 0 Å². The zero-order valence-corrected chi connectivity index (χ0v) is 13.1. The fourth-order valence-electron chi connectivity index (χ4n) is 2.71. The maximum absolute atomic E-state index is 5.48. The third-order valence-electron chi connectivity index (χ3n) is 3.77. The van der Waals surface area contributed by atoms with Crippen LogP contribution in [0.5, 0.6) is 0 Å². The Balaban J connectivity index is 1.66. The van der Waals surface area contributed by atoms with Crippen LogP contribution in [0.15, 0.2) is 34.4 Å². The number of hydrogen-bond donors (Lipinski definition) is 0. The van der Waals surface area contributed by atoms with Crippen LogP contribution < -0.4 is 0 Å². The van der Waals surface area contributed by atoms with Crippen molar-refractivity contribution in [3.8, 4) is 0 Å². The van der Waals surface area contributed by atoms with Gasteiger partial charge in [-0.25, -0.2) is 0 Å². The minimum absolute atomic E-state index is 0.422. The molecule has 0 aliphatic carbocycles. The molecular weight excluding hydrogens is 286 g/mol. The highest BCUT2D eigenvalue weighted by Gasteiger charge is 2.24. The number of nitrogens with zero attached hydrogens (tertiary/aromatic N) is 3. The minimum Gasteiger partial charge on any atom is -0.379 e. The first-order valence-corrected chi connectivity index (χ1v) is 8.14. The third-order valence-corrected chi connectivity index (χ3v) is 4.74. The highest BCUT2D eigenvalue weighted by Crippen LogP contribution is 2.27. The fraction of sp³-hybridized carbons (Fsp3) is 0.533. The SMILES string of the molecule is CN(Cc1ccon1)C[C@@H](c1cccs1)N1CCOCC1. The molecule has 114 valence electrons. The Morgan fingerprint density at radius 2 is 2.24 bits per heavy atom. The number of aromatic nitrogens is 1. The molecule has 0 spiro atoms. The van der Waals surface area contributed by atoms with Crippen molar-refractivity contribution in [2.75, 3.05) is 39.9 Å². The number of hydrogen-bond acceptors (Lipinski definition) is 6. The maximum Gasteiger partial charge on any atom is 0.124 e. The first kappa shape index (κ1) is 14.7. The van der Waals surface area contributed by atoms with Gasteiger partial charge in [0.1, 0.15) is 6.26 Å². The van der Waals surface area contributed by atoms with Gasteiger partial charge in [-0.2, -0.15) is 0 Å². The van der Waals surface area contributed by atoms with Gasteiger partial charge >= 0.3 is 0 Å². The number of thiophene rings is 1. The average Bonchev–Trinajstić information content (AvgIpc) is 3.19. The van der Waals surface area contributed by atoms with Gasteiger partial charge in [-0.15, -0.1) is 11.3 Å². The van der Waals surface area contributed by atoms with Crippen LogP contribution in [-0.4, -0.2) is 54.9 Å². The van der Waals surface area contributed by atoms with E-state index in [2.05, 4.69) is 39.5 Å². The molecule has 3 heterocycles. The molecule has 0 N–H and O–H groups in total. The molecular formula is C15H21N3O2S. The van der Waals surface area contributed by atoms with Gasteiger partial charge < -0.3 is 9.26 Å². The summed E-state index contributed by atoms with van der Waals surface area (Å²) in [6.07, 6.45) is 1.63. The second-order valence-corrected chi connectivity index (χ2v) is 6.35. The van der Waals surface area contributed by atoms with E-state index in [1.807, 2.05) is 17.4 Å². The van der Waals surface area contributed by atoms with Gasteiger partial charge in [0, 0.05) is 37.1 Å². The highest BCUT2D eigenvalue weighted by molar-refractivity contribution is 7.10. The Labute approximate surface area is 129 Å². The summed E-state index contributed by atoms with van der Waals surface area (Å²) in [5.41, 5.74) is 0.976. The van der Waals surface area contributed by atoms with Gasteiger partial charge in [0.25, 0.3) is 0 Å². The molecule has 1 saturated heterocycles. The van der Waals surface area contributed by atoms with Gasteiger partial charge in [-0.1, -0.05) is 11.2 Å². The molecule has 1 aliphatic rings. The molecule has 2 aromatic rings. The van der Waals surface area contributed by atoms with Gasteiger partial charge in [-0.3, -0.25) is 9.80 Å². The van der Waals surface area contributed by atoms with Crippen LogP contribution in [0.2, 0.25) is 0 Å². The molecule has 1 fully saturated rings. The predicted molar refractivity (Wildman–Crippen MR) is 82.3 cm³/mol. The maximum atomic E-state index is 5.48. The standard InChI is InChI=1S/C15H21N3O2S/c1-17(11-13-4-7-20-16-13)12-14(15-3-2-10-21-15)18-5-8-19-9-6-18/h2-4,7,10,14H,5-6,8-9,11-12H2,1H3/t14-/m0/s1. The largest absolute Gasteiger partial charge is 0.379 e. The summed E-state index contributed by atoms with van der Waals surface area (Å²) in [6.45, 7) is 5.45. The van der Waals surface area contributed by atoms with Crippen LogP contribution in [0, 0.1) is 0 Å². The molecule has 3 rings (SSSR count). The van der Waals surface area contributed by atoms with Crippen molar-refractivity contribution in [1.82, 2.24) is 15.0 Å². The number of morpholine rings is 1. The topological polar surface area (TPSA) is 41.7 Å². The molecule has 0 saturated carbocycles. The van der Waals surface area contributed by atoms with E-state index < -0.39 is 0 Å². The van der Waals surface area contributed by atoms with E-state index in [1.165, 1.54) is 4.88 Å². The second kappa shape index (κ2) is 7.17. The normalized spacial score (nSPS) is 18.2. The molecule has 1 aliphatic heterocycles. The van der Waals surface area contributed by atoms with Crippen LogP contribution in [-0.2, 0) is 11.3 Å². The summed E-state index contributed by atoms with van der Waals surface area (Å²) < 4.78 is 10.4. The van der Waals surface area contributed by atoms with E-state index in [1.54, 1.807) is 6.26 Å². The van der Waals surface area contributed by atoms with E-state index in [4.69, 9.17) is 9.26 Å². The smallest absolute Gasteiger partial charge is 0.124 e. The Kier molecular flexibility index (Phi) is 5.03. The van der Waals surface area contributed by atoms with E-state index >= 15 is 0 Å². The van der Waals surface area contributed by atoms with Crippen molar-refractivity contribution in [2.24, 2.45) is 0 Å². The van der Waals surface area contributed by atoms with E-state index in [0.717, 1.165) is 45.1 Å². The van der Waals surface area contributed by atoms with Crippen LogP contribution >= 0.6 is 11.3 Å². The van der Waals surface area contributed by atoms with Gasteiger partial charge in [0.2, 0.25) is 0 Å².